The first-order chi connectivity index (χ1) is 15.6. The van der Waals surface area contributed by atoms with Gasteiger partial charge in [0.25, 0.3) is 0 Å². The molecule has 2 fully saturated rings. The molecule has 2 aliphatic rings. The Morgan fingerprint density at radius 2 is 1.45 bits per heavy atom. The van der Waals surface area contributed by atoms with Crippen LogP contribution in [0, 0.1) is 0 Å². The van der Waals surface area contributed by atoms with E-state index in [2.05, 4.69) is 16.0 Å². The van der Waals surface area contributed by atoms with Crippen molar-refractivity contribution >= 4 is 35.6 Å². The number of nitrogens with zero attached hydrogens (tertiary/aromatic N) is 1. The highest BCUT2D eigenvalue weighted by atomic mass is 16.4. The summed E-state index contributed by atoms with van der Waals surface area (Å²) in [5.74, 6) is -5.51. The second-order valence-corrected chi connectivity index (χ2v) is 8.16. The summed E-state index contributed by atoms with van der Waals surface area (Å²) in [5.41, 5.74) is 0. The molecule has 0 spiro atoms. The lowest BCUT2D eigenvalue weighted by Crippen LogP contribution is -2.56. The number of amides is 3. The third kappa shape index (κ3) is 7.70. The van der Waals surface area contributed by atoms with E-state index in [1.165, 1.54) is 4.90 Å². The fourth-order valence-corrected chi connectivity index (χ4v) is 4.00. The highest BCUT2D eigenvalue weighted by Crippen LogP contribution is 2.20. The standard InChI is InChI=1S/C20H30N4O9/c25-15(26)7-5-12(22-17(29)11-3-1-9-21-11)19(31)24-10-2-4-14(24)18(30)23-13(20(32)33)6-8-16(27)28/h11-14,21H,1-10H2,(H,22,29)(H,23,30)(H,25,26)(H,27,28)(H,32,33). The Bertz CT molecular complexity index is 781. The number of likely N-dealkylation sites (tertiary alicyclic amines) is 1. The molecule has 0 saturated carbocycles. The quantitative estimate of drug-likeness (QED) is 0.195. The van der Waals surface area contributed by atoms with Crippen molar-refractivity contribution in [3.63, 3.8) is 0 Å². The Labute approximate surface area is 189 Å². The predicted molar refractivity (Wildman–Crippen MR) is 111 cm³/mol. The number of hydrogen-bond acceptors (Lipinski definition) is 7. The topological polar surface area (TPSA) is 202 Å². The van der Waals surface area contributed by atoms with Crippen LogP contribution in [0.3, 0.4) is 0 Å². The summed E-state index contributed by atoms with van der Waals surface area (Å²) >= 11 is 0. The zero-order chi connectivity index (χ0) is 24.5. The van der Waals surface area contributed by atoms with Crippen LogP contribution >= 0.6 is 0 Å². The number of aliphatic carboxylic acids is 3. The molecule has 13 nitrogen and oxygen atoms in total. The van der Waals surface area contributed by atoms with Crippen LogP contribution in [0.15, 0.2) is 0 Å². The van der Waals surface area contributed by atoms with E-state index in [0.29, 0.717) is 19.4 Å². The third-order valence-electron chi connectivity index (χ3n) is 5.74. The summed E-state index contributed by atoms with van der Waals surface area (Å²) in [6.45, 7) is 0.845. The normalized spacial score (nSPS) is 21.8. The van der Waals surface area contributed by atoms with Crippen molar-refractivity contribution in [3.8, 4) is 0 Å². The van der Waals surface area contributed by atoms with Gasteiger partial charge >= 0.3 is 17.9 Å². The van der Waals surface area contributed by atoms with E-state index >= 15 is 0 Å². The Morgan fingerprint density at radius 3 is 2.00 bits per heavy atom. The molecule has 2 heterocycles. The number of nitrogens with one attached hydrogen (secondary N) is 3. The minimum absolute atomic E-state index is 0.159. The number of carboxylic acid groups (broad SMARTS) is 3. The molecule has 33 heavy (non-hydrogen) atoms. The lowest BCUT2D eigenvalue weighted by molar-refractivity contribution is -0.145. The van der Waals surface area contributed by atoms with E-state index in [-0.39, 0.29) is 32.2 Å². The van der Waals surface area contributed by atoms with Crippen molar-refractivity contribution in [2.24, 2.45) is 0 Å². The van der Waals surface area contributed by atoms with Gasteiger partial charge in [0, 0.05) is 19.4 Å². The van der Waals surface area contributed by atoms with Gasteiger partial charge in [0.05, 0.1) is 6.04 Å². The van der Waals surface area contributed by atoms with E-state index in [9.17, 15) is 33.9 Å². The molecule has 6 N–H and O–H groups in total. The van der Waals surface area contributed by atoms with Gasteiger partial charge in [-0.3, -0.25) is 24.0 Å². The number of carboxylic acids is 3. The Balaban J connectivity index is 2.09. The molecule has 2 saturated heterocycles. The number of carbonyl (C=O) groups excluding carboxylic acids is 3. The highest BCUT2D eigenvalue weighted by molar-refractivity contribution is 5.94. The third-order valence-corrected chi connectivity index (χ3v) is 5.74. The van der Waals surface area contributed by atoms with Gasteiger partial charge in [-0.2, -0.15) is 0 Å². The number of hydrogen-bond donors (Lipinski definition) is 6. The van der Waals surface area contributed by atoms with Crippen LogP contribution in [0.5, 0.6) is 0 Å². The van der Waals surface area contributed by atoms with E-state index in [1.807, 2.05) is 0 Å². The molecule has 3 amide bonds. The van der Waals surface area contributed by atoms with Gasteiger partial charge in [-0.25, -0.2) is 4.79 Å². The molecule has 0 aromatic carbocycles. The van der Waals surface area contributed by atoms with Gasteiger partial charge in [-0.05, 0) is 45.1 Å². The van der Waals surface area contributed by atoms with Gasteiger partial charge in [0.1, 0.15) is 18.1 Å². The van der Waals surface area contributed by atoms with Crippen molar-refractivity contribution in [2.45, 2.75) is 75.5 Å². The zero-order valence-corrected chi connectivity index (χ0v) is 18.1. The van der Waals surface area contributed by atoms with Crippen LogP contribution in [0.2, 0.25) is 0 Å². The van der Waals surface area contributed by atoms with E-state index < -0.39 is 66.2 Å². The summed E-state index contributed by atoms with van der Waals surface area (Å²) in [4.78, 5) is 72.8. The van der Waals surface area contributed by atoms with E-state index in [1.54, 1.807) is 0 Å². The van der Waals surface area contributed by atoms with Crippen LogP contribution in [0.25, 0.3) is 0 Å². The van der Waals surface area contributed by atoms with Gasteiger partial charge < -0.3 is 36.2 Å². The number of rotatable bonds is 12. The molecule has 0 aliphatic carbocycles. The average Bonchev–Trinajstić information content (AvgIpc) is 3.44. The molecular weight excluding hydrogens is 440 g/mol. The molecular formula is C20H30N4O9. The Kier molecular flexibility index (Phi) is 9.57. The van der Waals surface area contributed by atoms with Gasteiger partial charge in [-0.15, -0.1) is 0 Å². The smallest absolute Gasteiger partial charge is 0.326 e. The van der Waals surface area contributed by atoms with Gasteiger partial charge in [0.2, 0.25) is 17.7 Å². The maximum atomic E-state index is 13.2. The van der Waals surface area contributed by atoms with Crippen molar-refractivity contribution < 1.29 is 44.1 Å². The molecule has 0 aromatic rings. The van der Waals surface area contributed by atoms with Crippen LogP contribution in [-0.2, 0) is 28.8 Å². The van der Waals surface area contributed by atoms with Crippen LogP contribution in [-0.4, -0.2) is 93.1 Å². The molecule has 0 bridgehead atoms. The Morgan fingerprint density at radius 1 is 0.848 bits per heavy atom. The van der Waals surface area contributed by atoms with Crippen molar-refractivity contribution in [1.82, 2.24) is 20.9 Å². The molecule has 13 heteroatoms. The molecule has 0 aromatic heterocycles. The lowest BCUT2D eigenvalue weighted by Gasteiger charge is -2.29. The maximum Gasteiger partial charge on any atom is 0.326 e. The fraction of sp³-hybridized carbons (Fsp3) is 0.700. The highest BCUT2D eigenvalue weighted by Gasteiger charge is 2.39. The monoisotopic (exact) mass is 470 g/mol. The minimum atomic E-state index is -1.43. The minimum Gasteiger partial charge on any atom is -0.481 e. The second-order valence-electron chi connectivity index (χ2n) is 8.16. The summed E-state index contributed by atoms with van der Waals surface area (Å²) in [5, 5.41) is 34.9. The average molecular weight is 470 g/mol. The summed E-state index contributed by atoms with van der Waals surface area (Å²) in [7, 11) is 0. The zero-order valence-electron chi connectivity index (χ0n) is 18.1. The van der Waals surface area contributed by atoms with Crippen LogP contribution < -0.4 is 16.0 Å². The predicted octanol–water partition coefficient (Wildman–Crippen LogP) is -1.49. The maximum absolute atomic E-state index is 13.2. The second kappa shape index (κ2) is 12.1. The Hall–Kier alpha value is -3.22. The van der Waals surface area contributed by atoms with Crippen LogP contribution in [0.4, 0.5) is 0 Å². The summed E-state index contributed by atoms with van der Waals surface area (Å²) in [6.07, 6.45) is 0.808. The molecule has 4 atom stereocenters. The molecule has 2 rings (SSSR count). The first-order valence-electron chi connectivity index (χ1n) is 10.9. The van der Waals surface area contributed by atoms with E-state index in [0.717, 1.165) is 6.42 Å². The van der Waals surface area contributed by atoms with Gasteiger partial charge in [0.15, 0.2) is 0 Å². The molecule has 184 valence electrons. The van der Waals surface area contributed by atoms with Crippen molar-refractivity contribution in [2.75, 3.05) is 13.1 Å². The molecule has 2 aliphatic heterocycles. The molecule has 0 radical (unpaired) electrons. The number of carbonyl (C=O) groups is 6. The first-order valence-corrected chi connectivity index (χ1v) is 10.9. The van der Waals surface area contributed by atoms with Crippen LogP contribution in [0.1, 0.15) is 51.4 Å². The summed E-state index contributed by atoms with van der Waals surface area (Å²) in [6, 6.07) is -4.06. The SMILES string of the molecule is O=C(O)CCC(NC(=O)C1CCCN1C(=O)C(CCC(=O)O)NC(=O)C1CCCN1)C(=O)O. The molecule has 4 unspecified atom stereocenters. The lowest BCUT2D eigenvalue weighted by atomic mass is 10.1. The van der Waals surface area contributed by atoms with E-state index in [4.69, 9.17) is 10.2 Å². The van der Waals surface area contributed by atoms with Gasteiger partial charge in [-0.1, -0.05) is 0 Å². The summed E-state index contributed by atoms with van der Waals surface area (Å²) < 4.78 is 0. The van der Waals surface area contributed by atoms with Crippen molar-refractivity contribution in [3.05, 3.63) is 0 Å². The fourth-order valence-electron chi connectivity index (χ4n) is 4.00. The first kappa shape index (κ1) is 26.0. The largest absolute Gasteiger partial charge is 0.481 e. The van der Waals surface area contributed by atoms with Crippen molar-refractivity contribution in [1.29, 1.82) is 0 Å².